The fourth-order valence-corrected chi connectivity index (χ4v) is 2.85. The van der Waals surface area contributed by atoms with Crippen LogP contribution in [0.2, 0.25) is 0 Å². The zero-order chi connectivity index (χ0) is 14.4. The van der Waals surface area contributed by atoms with Gasteiger partial charge in [0.25, 0.3) is 0 Å². The van der Waals surface area contributed by atoms with Crippen molar-refractivity contribution in [3.63, 3.8) is 0 Å². The zero-order valence-corrected chi connectivity index (χ0v) is 13.0. The second-order valence-corrected chi connectivity index (χ2v) is 6.10. The SMILES string of the molecule is O=C(CCC1CCNCC1)NCc1cc(F)ccc1Br. The zero-order valence-electron chi connectivity index (χ0n) is 11.4. The Labute approximate surface area is 127 Å². The van der Waals surface area contributed by atoms with E-state index in [-0.39, 0.29) is 11.7 Å². The van der Waals surface area contributed by atoms with Crippen LogP contribution < -0.4 is 10.6 Å². The van der Waals surface area contributed by atoms with E-state index in [1.165, 1.54) is 12.1 Å². The van der Waals surface area contributed by atoms with Gasteiger partial charge in [0, 0.05) is 17.4 Å². The molecule has 0 aliphatic carbocycles. The van der Waals surface area contributed by atoms with Crippen molar-refractivity contribution < 1.29 is 9.18 Å². The summed E-state index contributed by atoms with van der Waals surface area (Å²) in [5, 5.41) is 6.17. The monoisotopic (exact) mass is 342 g/mol. The number of hydrogen-bond donors (Lipinski definition) is 2. The molecule has 2 rings (SSSR count). The van der Waals surface area contributed by atoms with Gasteiger partial charge in [-0.05, 0) is 62.0 Å². The van der Waals surface area contributed by atoms with Gasteiger partial charge in [-0.25, -0.2) is 4.39 Å². The Bertz CT molecular complexity index is 461. The van der Waals surface area contributed by atoms with Crippen molar-refractivity contribution in [1.29, 1.82) is 0 Å². The first-order valence-corrected chi connectivity index (χ1v) is 7.86. The van der Waals surface area contributed by atoms with Crippen molar-refractivity contribution in [2.45, 2.75) is 32.2 Å². The van der Waals surface area contributed by atoms with Gasteiger partial charge in [0.1, 0.15) is 5.82 Å². The van der Waals surface area contributed by atoms with Gasteiger partial charge in [-0.1, -0.05) is 15.9 Å². The molecule has 5 heteroatoms. The number of halogens is 2. The summed E-state index contributed by atoms with van der Waals surface area (Å²) in [6.45, 7) is 2.48. The third-order valence-corrected chi connectivity index (χ3v) is 4.50. The molecule has 0 spiro atoms. The quantitative estimate of drug-likeness (QED) is 0.863. The van der Waals surface area contributed by atoms with E-state index in [0.29, 0.717) is 18.9 Å². The summed E-state index contributed by atoms with van der Waals surface area (Å²) in [7, 11) is 0. The molecule has 2 N–H and O–H groups in total. The summed E-state index contributed by atoms with van der Waals surface area (Å²) in [5.74, 6) is 0.412. The Kier molecular flexibility index (Phi) is 5.98. The van der Waals surface area contributed by atoms with E-state index in [0.717, 1.165) is 42.4 Å². The number of amides is 1. The maximum absolute atomic E-state index is 13.1. The molecule has 0 unspecified atom stereocenters. The highest BCUT2D eigenvalue weighted by molar-refractivity contribution is 9.10. The second kappa shape index (κ2) is 7.74. The smallest absolute Gasteiger partial charge is 0.220 e. The number of nitrogens with one attached hydrogen (secondary N) is 2. The van der Waals surface area contributed by atoms with E-state index >= 15 is 0 Å². The minimum absolute atomic E-state index is 0.0414. The van der Waals surface area contributed by atoms with Crippen LogP contribution in [0.4, 0.5) is 4.39 Å². The van der Waals surface area contributed by atoms with E-state index < -0.39 is 0 Å². The molecule has 0 atom stereocenters. The highest BCUT2D eigenvalue weighted by Crippen LogP contribution is 2.19. The fourth-order valence-electron chi connectivity index (χ4n) is 2.47. The molecule has 1 aromatic rings. The van der Waals surface area contributed by atoms with E-state index in [4.69, 9.17) is 0 Å². The summed E-state index contributed by atoms with van der Waals surface area (Å²) >= 11 is 3.36. The largest absolute Gasteiger partial charge is 0.352 e. The molecular weight excluding hydrogens is 323 g/mol. The summed E-state index contributed by atoms with van der Waals surface area (Å²) in [4.78, 5) is 11.8. The first kappa shape index (κ1) is 15.4. The molecule has 1 heterocycles. The second-order valence-electron chi connectivity index (χ2n) is 5.24. The lowest BCUT2D eigenvalue weighted by Crippen LogP contribution is -2.29. The van der Waals surface area contributed by atoms with Crippen LogP contribution in [0.3, 0.4) is 0 Å². The number of benzene rings is 1. The molecule has 0 aromatic heterocycles. The van der Waals surface area contributed by atoms with Crippen molar-refractivity contribution in [2.75, 3.05) is 13.1 Å². The molecule has 1 amide bonds. The molecule has 0 radical (unpaired) electrons. The number of piperidine rings is 1. The van der Waals surface area contributed by atoms with Crippen LogP contribution in [0, 0.1) is 11.7 Å². The third-order valence-electron chi connectivity index (χ3n) is 3.72. The van der Waals surface area contributed by atoms with Crippen molar-refractivity contribution in [3.8, 4) is 0 Å². The standard InChI is InChI=1S/C15H20BrFN2O/c16-14-3-2-13(17)9-12(14)10-19-15(20)4-1-11-5-7-18-8-6-11/h2-3,9,11,18H,1,4-8,10H2,(H,19,20). The fraction of sp³-hybridized carbons (Fsp3) is 0.533. The molecule has 0 saturated carbocycles. The summed E-state index contributed by atoms with van der Waals surface area (Å²) in [5.41, 5.74) is 0.764. The Morgan fingerprint density at radius 3 is 2.90 bits per heavy atom. The molecule has 3 nitrogen and oxygen atoms in total. The van der Waals surface area contributed by atoms with Crippen LogP contribution in [-0.2, 0) is 11.3 Å². The lowest BCUT2D eigenvalue weighted by molar-refractivity contribution is -0.121. The lowest BCUT2D eigenvalue weighted by atomic mass is 9.93. The predicted molar refractivity (Wildman–Crippen MR) is 80.8 cm³/mol. The van der Waals surface area contributed by atoms with Gasteiger partial charge in [-0.15, -0.1) is 0 Å². The molecule has 1 fully saturated rings. The number of carbonyl (C=O) groups is 1. The minimum Gasteiger partial charge on any atom is -0.352 e. The van der Waals surface area contributed by atoms with Gasteiger partial charge in [0.2, 0.25) is 5.91 Å². The first-order chi connectivity index (χ1) is 9.65. The molecule has 110 valence electrons. The maximum atomic E-state index is 13.1. The summed E-state index contributed by atoms with van der Waals surface area (Å²) in [6, 6.07) is 4.50. The van der Waals surface area contributed by atoms with E-state index in [9.17, 15) is 9.18 Å². The van der Waals surface area contributed by atoms with Gasteiger partial charge < -0.3 is 10.6 Å². The van der Waals surface area contributed by atoms with Gasteiger partial charge in [0.15, 0.2) is 0 Å². The van der Waals surface area contributed by atoms with Gasteiger partial charge >= 0.3 is 0 Å². The summed E-state index contributed by atoms with van der Waals surface area (Å²) in [6.07, 6.45) is 3.81. The normalized spacial score (nSPS) is 16.1. The van der Waals surface area contributed by atoms with Gasteiger partial charge in [0.05, 0.1) is 0 Å². The lowest BCUT2D eigenvalue weighted by Gasteiger charge is -2.22. The number of rotatable bonds is 5. The van der Waals surface area contributed by atoms with Crippen LogP contribution in [0.25, 0.3) is 0 Å². The average Bonchev–Trinajstić information content (AvgIpc) is 2.47. The molecule has 0 bridgehead atoms. The molecular formula is C15H20BrFN2O. The Balaban J connectivity index is 1.73. The Hall–Kier alpha value is -0.940. The minimum atomic E-state index is -0.285. The molecule has 20 heavy (non-hydrogen) atoms. The van der Waals surface area contributed by atoms with Crippen LogP contribution in [0.5, 0.6) is 0 Å². The Morgan fingerprint density at radius 1 is 1.40 bits per heavy atom. The van der Waals surface area contributed by atoms with E-state index in [1.54, 1.807) is 6.07 Å². The molecule has 1 aliphatic rings. The highest BCUT2D eigenvalue weighted by Gasteiger charge is 2.14. The van der Waals surface area contributed by atoms with Crippen LogP contribution >= 0.6 is 15.9 Å². The summed E-state index contributed by atoms with van der Waals surface area (Å²) < 4.78 is 13.9. The highest BCUT2D eigenvalue weighted by atomic mass is 79.9. The topological polar surface area (TPSA) is 41.1 Å². The van der Waals surface area contributed by atoms with Crippen molar-refractivity contribution in [2.24, 2.45) is 5.92 Å². The average molecular weight is 343 g/mol. The molecule has 1 aromatic carbocycles. The Morgan fingerprint density at radius 2 is 2.15 bits per heavy atom. The van der Waals surface area contributed by atoms with Crippen molar-refractivity contribution in [1.82, 2.24) is 10.6 Å². The molecule has 1 saturated heterocycles. The van der Waals surface area contributed by atoms with Crippen LogP contribution in [0.15, 0.2) is 22.7 Å². The van der Waals surface area contributed by atoms with E-state index in [1.807, 2.05) is 0 Å². The van der Waals surface area contributed by atoms with Crippen LogP contribution in [0.1, 0.15) is 31.2 Å². The number of carbonyl (C=O) groups excluding carboxylic acids is 1. The number of hydrogen-bond acceptors (Lipinski definition) is 2. The van der Waals surface area contributed by atoms with E-state index in [2.05, 4.69) is 26.6 Å². The van der Waals surface area contributed by atoms with Gasteiger partial charge in [-0.3, -0.25) is 4.79 Å². The van der Waals surface area contributed by atoms with Crippen LogP contribution in [-0.4, -0.2) is 19.0 Å². The van der Waals surface area contributed by atoms with Crippen molar-refractivity contribution >= 4 is 21.8 Å². The van der Waals surface area contributed by atoms with Crippen molar-refractivity contribution in [3.05, 3.63) is 34.1 Å². The molecule has 1 aliphatic heterocycles. The maximum Gasteiger partial charge on any atom is 0.220 e. The van der Waals surface area contributed by atoms with Gasteiger partial charge in [-0.2, -0.15) is 0 Å². The first-order valence-electron chi connectivity index (χ1n) is 7.06. The third kappa shape index (κ3) is 4.87. The predicted octanol–water partition coefficient (Wildman–Crippen LogP) is 2.98.